The minimum atomic E-state index is 0.656. The van der Waals surface area contributed by atoms with E-state index in [1.807, 2.05) is 54.0 Å². The number of thioether (sulfide) groups is 1. The third kappa shape index (κ3) is 3.98. The van der Waals surface area contributed by atoms with Crippen molar-refractivity contribution in [3.05, 3.63) is 81.5 Å². The molecule has 0 radical (unpaired) electrons. The number of nitrogens with zero attached hydrogens (tertiary/aromatic N) is 3. The van der Waals surface area contributed by atoms with Crippen LogP contribution < -0.4 is 0 Å². The van der Waals surface area contributed by atoms with Crippen molar-refractivity contribution in [3.8, 4) is 17.3 Å². The topological polar surface area (TPSA) is 43.9 Å². The van der Waals surface area contributed by atoms with Gasteiger partial charge in [0, 0.05) is 15.2 Å². The molecule has 4 aromatic rings. The number of hydrogen-bond acceptors (Lipinski definition) is 4. The molecule has 0 aliphatic rings. The van der Waals surface area contributed by atoms with Crippen LogP contribution in [-0.4, -0.2) is 14.8 Å². The zero-order chi connectivity index (χ0) is 18.8. The fraction of sp³-hybridized carbons (Fsp3) is 0.100. The summed E-state index contributed by atoms with van der Waals surface area (Å²) in [5.74, 6) is 2.10. The summed E-state index contributed by atoms with van der Waals surface area (Å²) in [6.07, 6.45) is 1.63. The van der Waals surface area contributed by atoms with Gasteiger partial charge < -0.3 is 4.42 Å². The lowest BCUT2D eigenvalue weighted by Crippen LogP contribution is -2.02. The van der Waals surface area contributed by atoms with E-state index in [-0.39, 0.29) is 0 Å². The van der Waals surface area contributed by atoms with Gasteiger partial charge in [0.2, 0.25) is 5.82 Å². The van der Waals surface area contributed by atoms with Crippen molar-refractivity contribution in [2.24, 2.45) is 0 Å². The van der Waals surface area contributed by atoms with Gasteiger partial charge in [-0.15, -0.1) is 10.2 Å². The number of aryl methyl sites for hydroxylation is 1. The lowest BCUT2D eigenvalue weighted by Gasteiger charge is -2.12. The van der Waals surface area contributed by atoms with E-state index >= 15 is 0 Å². The smallest absolute Gasteiger partial charge is 0.205 e. The van der Waals surface area contributed by atoms with Crippen LogP contribution in [0.25, 0.3) is 17.3 Å². The SMILES string of the molecule is Cc1ccc(Cl)cc1-n1c(SCc2ccc(Br)cc2)nnc1-c1ccco1. The van der Waals surface area contributed by atoms with Gasteiger partial charge >= 0.3 is 0 Å². The average Bonchev–Trinajstić information content (AvgIpc) is 3.32. The van der Waals surface area contributed by atoms with Crippen LogP contribution >= 0.6 is 39.3 Å². The highest BCUT2D eigenvalue weighted by atomic mass is 79.9. The van der Waals surface area contributed by atoms with E-state index in [1.165, 1.54) is 5.56 Å². The lowest BCUT2D eigenvalue weighted by atomic mass is 10.2. The Morgan fingerprint density at radius 2 is 1.93 bits per heavy atom. The van der Waals surface area contributed by atoms with E-state index in [2.05, 4.69) is 38.3 Å². The highest BCUT2D eigenvalue weighted by Gasteiger charge is 2.19. The first-order chi connectivity index (χ1) is 13.1. The van der Waals surface area contributed by atoms with E-state index in [9.17, 15) is 0 Å². The van der Waals surface area contributed by atoms with Crippen LogP contribution in [0.4, 0.5) is 0 Å². The summed E-state index contributed by atoms with van der Waals surface area (Å²) in [4.78, 5) is 0. The molecule has 0 spiro atoms. The van der Waals surface area contributed by atoms with Gasteiger partial charge in [-0.2, -0.15) is 0 Å². The molecule has 0 atom stereocenters. The fourth-order valence-electron chi connectivity index (χ4n) is 2.70. The van der Waals surface area contributed by atoms with Crippen molar-refractivity contribution in [1.29, 1.82) is 0 Å². The summed E-state index contributed by atoms with van der Waals surface area (Å²) in [5, 5.41) is 10.2. The van der Waals surface area contributed by atoms with Crippen LogP contribution in [0, 0.1) is 6.92 Å². The number of rotatable bonds is 5. The largest absolute Gasteiger partial charge is 0.461 e. The molecule has 0 fully saturated rings. The number of halogens is 2. The van der Waals surface area contributed by atoms with Gasteiger partial charge in [0.05, 0.1) is 12.0 Å². The highest BCUT2D eigenvalue weighted by Crippen LogP contribution is 2.32. The molecule has 0 aliphatic carbocycles. The Hall–Kier alpha value is -2.02. The minimum absolute atomic E-state index is 0.656. The van der Waals surface area contributed by atoms with Crippen LogP contribution in [0.2, 0.25) is 5.02 Å². The molecule has 0 saturated carbocycles. The van der Waals surface area contributed by atoms with Gasteiger partial charge in [0.1, 0.15) is 0 Å². The molecule has 2 aromatic carbocycles. The molecule has 0 unspecified atom stereocenters. The maximum absolute atomic E-state index is 6.26. The minimum Gasteiger partial charge on any atom is -0.461 e. The summed E-state index contributed by atoms with van der Waals surface area (Å²) >= 11 is 11.4. The molecule has 27 heavy (non-hydrogen) atoms. The fourth-order valence-corrected chi connectivity index (χ4v) is 4.03. The highest BCUT2D eigenvalue weighted by molar-refractivity contribution is 9.10. The number of aromatic nitrogens is 3. The molecule has 0 aliphatic heterocycles. The number of benzene rings is 2. The standard InChI is InChI=1S/C20H15BrClN3OS/c1-13-4-9-16(22)11-17(13)25-19(18-3-2-10-26-18)23-24-20(25)27-12-14-5-7-15(21)8-6-14/h2-11H,12H2,1H3. The Bertz CT molecular complexity index is 1060. The number of hydrogen-bond donors (Lipinski definition) is 0. The van der Waals surface area contributed by atoms with E-state index in [0.717, 1.165) is 26.6 Å². The quantitative estimate of drug-likeness (QED) is 0.317. The van der Waals surface area contributed by atoms with E-state index < -0.39 is 0 Å². The van der Waals surface area contributed by atoms with Crippen LogP contribution in [0.5, 0.6) is 0 Å². The van der Waals surface area contributed by atoms with E-state index in [1.54, 1.807) is 18.0 Å². The van der Waals surface area contributed by atoms with Gasteiger partial charge in [-0.1, -0.05) is 57.5 Å². The van der Waals surface area contributed by atoms with Crippen molar-refractivity contribution in [2.45, 2.75) is 17.8 Å². The van der Waals surface area contributed by atoms with Gasteiger partial charge in [-0.05, 0) is 54.4 Å². The van der Waals surface area contributed by atoms with Crippen molar-refractivity contribution >= 4 is 39.3 Å². The Kier molecular flexibility index (Phi) is 5.38. The number of furan rings is 1. The van der Waals surface area contributed by atoms with Crippen molar-refractivity contribution in [2.75, 3.05) is 0 Å². The van der Waals surface area contributed by atoms with E-state index in [0.29, 0.717) is 16.6 Å². The second-order valence-electron chi connectivity index (χ2n) is 5.96. The molecule has 4 rings (SSSR count). The first-order valence-corrected chi connectivity index (χ1v) is 10.4. The second kappa shape index (κ2) is 7.92. The van der Waals surface area contributed by atoms with Crippen LogP contribution in [0.3, 0.4) is 0 Å². The van der Waals surface area contributed by atoms with Gasteiger partial charge in [0.25, 0.3) is 0 Å². The van der Waals surface area contributed by atoms with Crippen LogP contribution in [0.1, 0.15) is 11.1 Å². The lowest BCUT2D eigenvalue weighted by molar-refractivity contribution is 0.575. The van der Waals surface area contributed by atoms with Gasteiger partial charge in [-0.3, -0.25) is 4.57 Å². The van der Waals surface area contributed by atoms with Gasteiger partial charge in [-0.25, -0.2) is 0 Å². The molecule has 2 heterocycles. The van der Waals surface area contributed by atoms with Crippen molar-refractivity contribution in [3.63, 3.8) is 0 Å². The van der Waals surface area contributed by atoms with Crippen LogP contribution in [-0.2, 0) is 5.75 Å². The zero-order valence-electron chi connectivity index (χ0n) is 14.4. The molecule has 0 amide bonds. The molecule has 0 N–H and O–H groups in total. The third-order valence-corrected chi connectivity index (χ3v) is 5.83. The maximum atomic E-state index is 6.26. The maximum Gasteiger partial charge on any atom is 0.205 e. The monoisotopic (exact) mass is 459 g/mol. The molecule has 136 valence electrons. The third-order valence-electron chi connectivity index (χ3n) is 4.07. The molecule has 7 heteroatoms. The Morgan fingerprint density at radius 1 is 1.11 bits per heavy atom. The molecule has 0 saturated heterocycles. The van der Waals surface area contributed by atoms with Crippen molar-refractivity contribution < 1.29 is 4.42 Å². The first kappa shape index (κ1) is 18.3. The Balaban J connectivity index is 1.75. The summed E-state index contributed by atoms with van der Waals surface area (Å²) < 4.78 is 8.64. The van der Waals surface area contributed by atoms with Crippen molar-refractivity contribution in [1.82, 2.24) is 14.8 Å². The predicted octanol–water partition coefficient (Wildman–Crippen LogP) is 6.54. The summed E-state index contributed by atoms with van der Waals surface area (Å²) in [7, 11) is 0. The second-order valence-corrected chi connectivity index (χ2v) is 8.26. The molecule has 4 nitrogen and oxygen atoms in total. The van der Waals surface area contributed by atoms with Crippen LogP contribution in [0.15, 0.2) is 74.9 Å². The summed E-state index contributed by atoms with van der Waals surface area (Å²) in [6.45, 7) is 2.04. The van der Waals surface area contributed by atoms with E-state index in [4.69, 9.17) is 16.0 Å². The summed E-state index contributed by atoms with van der Waals surface area (Å²) in [6, 6.07) is 17.8. The predicted molar refractivity (Wildman–Crippen MR) is 113 cm³/mol. The summed E-state index contributed by atoms with van der Waals surface area (Å²) in [5.41, 5.74) is 3.23. The molecular formula is C20H15BrClN3OS. The molecular weight excluding hydrogens is 446 g/mol. The molecule has 2 aromatic heterocycles. The zero-order valence-corrected chi connectivity index (χ0v) is 17.6. The Morgan fingerprint density at radius 3 is 2.67 bits per heavy atom. The normalized spacial score (nSPS) is 11.1. The molecule has 0 bridgehead atoms. The Labute approximate surface area is 174 Å². The van der Waals surface area contributed by atoms with Gasteiger partial charge in [0.15, 0.2) is 10.9 Å². The average molecular weight is 461 g/mol. The first-order valence-electron chi connectivity index (χ1n) is 8.25.